The fourth-order valence-corrected chi connectivity index (χ4v) is 2.75. The molecule has 4 nitrogen and oxygen atoms in total. The van der Waals surface area contributed by atoms with Gasteiger partial charge in [-0.25, -0.2) is 4.98 Å². The molecule has 2 unspecified atom stereocenters. The molecule has 2 N–H and O–H groups in total. The van der Waals surface area contributed by atoms with Crippen molar-refractivity contribution in [2.24, 2.45) is 11.7 Å². The number of hydrogen-bond acceptors (Lipinski definition) is 3. The van der Waals surface area contributed by atoms with Gasteiger partial charge in [0.2, 0.25) is 0 Å². The molecular weight excluding hydrogens is 212 g/mol. The third-order valence-corrected chi connectivity index (χ3v) is 3.79. The van der Waals surface area contributed by atoms with Crippen molar-refractivity contribution in [2.75, 3.05) is 0 Å². The summed E-state index contributed by atoms with van der Waals surface area (Å²) >= 11 is 0. The van der Waals surface area contributed by atoms with E-state index in [2.05, 4.69) is 17.0 Å². The number of hydrogen-bond donors (Lipinski definition) is 1. The van der Waals surface area contributed by atoms with Gasteiger partial charge >= 0.3 is 0 Å². The molecule has 1 fully saturated rings. The maximum absolute atomic E-state index is 6.26. The Hall–Kier alpha value is -0.900. The summed E-state index contributed by atoms with van der Waals surface area (Å²) in [6.45, 7) is 3.14. The summed E-state index contributed by atoms with van der Waals surface area (Å²) in [5.41, 5.74) is 6.26. The smallest absolute Gasteiger partial charge is 0.138 e. The Labute approximate surface area is 104 Å². The van der Waals surface area contributed by atoms with Crippen molar-refractivity contribution in [3.63, 3.8) is 0 Å². The van der Waals surface area contributed by atoms with E-state index < -0.39 is 0 Å². The molecule has 0 amide bonds. The summed E-state index contributed by atoms with van der Waals surface area (Å²) in [5.74, 6) is 1.71. The van der Waals surface area contributed by atoms with Crippen LogP contribution in [0.15, 0.2) is 6.33 Å². The highest BCUT2D eigenvalue weighted by Gasteiger charge is 2.22. The summed E-state index contributed by atoms with van der Waals surface area (Å²) in [4.78, 5) is 4.39. The molecule has 0 bridgehead atoms. The molecule has 0 aromatic carbocycles. The highest BCUT2D eigenvalue weighted by atomic mass is 15.3. The molecule has 0 radical (unpaired) electrons. The zero-order chi connectivity index (χ0) is 12.1. The lowest BCUT2D eigenvalue weighted by Gasteiger charge is -2.20. The minimum atomic E-state index is 0.351. The first-order valence-corrected chi connectivity index (χ1v) is 6.93. The fraction of sp³-hybridized carbons (Fsp3) is 0.846. The Kier molecular flexibility index (Phi) is 4.54. The Morgan fingerprint density at radius 3 is 3.00 bits per heavy atom. The van der Waals surface area contributed by atoms with Gasteiger partial charge in [0.05, 0.1) is 0 Å². The Balaban J connectivity index is 2.00. The van der Waals surface area contributed by atoms with E-state index in [0.29, 0.717) is 12.0 Å². The van der Waals surface area contributed by atoms with Gasteiger partial charge in [0, 0.05) is 19.0 Å². The second kappa shape index (κ2) is 6.15. The van der Waals surface area contributed by atoms with Crippen LogP contribution in [-0.4, -0.2) is 20.8 Å². The van der Waals surface area contributed by atoms with Crippen molar-refractivity contribution in [2.45, 2.75) is 64.5 Å². The molecule has 1 heterocycles. The lowest BCUT2D eigenvalue weighted by Crippen LogP contribution is -2.31. The van der Waals surface area contributed by atoms with Crippen molar-refractivity contribution in [1.82, 2.24) is 14.8 Å². The first kappa shape index (κ1) is 12.6. The van der Waals surface area contributed by atoms with E-state index in [4.69, 9.17) is 5.73 Å². The molecule has 96 valence electrons. The molecule has 2 atom stereocenters. The number of nitrogens with zero attached hydrogens (tertiary/aromatic N) is 3. The van der Waals surface area contributed by atoms with E-state index in [1.165, 1.54) is 32.1 Å². The first-order chi connectivity index (χ1) is 8.31. The zero-order valence-corrected chi connectivity index (χ0v) is 10.8. The third kappa shape index (κ3) is 3.28. The molecule has 0 spiro atoms. The zero-order valence-electron chi connectivity index (χ0n) is 10.8. The number of aryl methyl sites for hydroxylation is 1. The topological polar surface area (TPSA) is 56.7 Å². The highest BCUT2D eigenvalue weighted by molar-refractivity contribution is 4.91. The van der Waals surface area contributed by atoms with E-state index in [-0.39, 0.29) is 0 Å². The van der Waals surface area contributed by atoms with Crippen molar-refractivity contribution in [1.29, 1.82) is 0 Å². The molecule has 1 aliphatic carbocycles. The van der Waals surface area contributed by atoms with E-state index in [1.54, 1.807) is 6.33 Å². The largest absolute Gasteiger partial charge is 0.327 e. The monoisotopic (exact) mass is 236 g/mol. The van der Waals surface area contributed by atoms with Crippen molar-refractivity contribution in [3.8, 4) is 0 Å². The maximum atomic E-state index is 6.26. The average molecular weight is 236 g/mol. The minimum absolute atomic E-state index is 0.351. The van der Waals surface area contributed by atoms with E-state index in [0.717, 1.165) is 25.2 Å². The Bertz CT molecular complexity index is 334. The number of nitrogens with two attached hydrogens (primary N) is 1. The minimum Gasteiger partial charge on any atom is -0.327 e. The molecule has 17 heavy (non-hydrogen) atoms. The van der Waals surface area contributed by atoms with Gasteiger partial charge in [-0.15, -0.1) is 0 Å². The van der Waals surface area contributed by atoms with Crippen LogP contribution in [0.25, 0.3) is 0 Å². The van der Waals surface area contributed by atoms with Crippen LogP contribution in [-0.2, 0) is 13.0 Å². The summed E-state index contributed by atoms with van der Waals surface area (Å²) in [6, 6.07) is 0.351. The van der Waals surface area contributed by atoms with Crippen LogP contribution >= 0.6 is 0 Å². The van der Waals surface area contributed by atoms with E-state index >= 15 is 0 Å². The average Bonchev–Trinajstić information content (AvgIpc) is 2.64. The van der Waals surface area contributed by atoms with Gasteiger partial charge < -0.3 is 5.73 Å². The third-order valence-electron chi connectivity index (χ3n) is 3.79. The summed E-state index contributed by atoms with van der Waals surface area (Å²) in [5, 5.41) is 4.28. The molecule has 1 saturated carbocycles. The normalized spacial score (nSPS) is 25.8. The highest BCUT2D eigenvalue weighted by Crippen LogP contribution is 2.24. The molecule has 1 aromatic heterocycles. The standard InChI is InChI=1S/C13H24N4/c1-2-8-17-13(15-10-16-17)9-11-6-4-3-5-7-12(11)14/h10-12H,2-9,14H2,1H3. The van der Waals surface area contributed by atoms with Crippen LogP contribution in [0.1, 0.15) is 51.3 Å². The van der Waals surface area contributed by atoms with Gasteiger partial charge in [0.15, 0.2) is 0 Å². The van der Waals surface area contributed by atoms with Gasteiger partial charge in [-0.1, -0.05) is 26.2 Å². The van der Waals surface area contributed by atoms with Crippen molar-refractivity contribution < 1.29 is 0 Å². The fourth-order valence-electron chi connectivity index (χ4n) is 2.75. The SMILES string of the molecule is CCCn1ncnc1CC1CCCCCC1N. The quantitative estimate of drug-likeness (QED) is 0.815. The lowest BCUT2D eigenvalue weighted by atomic mass is 9.92. The van der Waals surface area contributed by atoms with E-state index in [9.17, 15) is 0 Å². The molecule has 0 saturated heterocycles. The van der Waals surface area contributed by atoms with Crippen LogP contribution in [0.4, 0.5) is 0 Å². The van der Waals surface area contributed by atoms with E-state index in [1.807, 2.05) is 4.68 Å². The van der Waals surface area contributed by atoms with Gasteiger partial charge in [-0.2, -0.15) is 5.10 Å². The van der Waals surface area contributed by atoms with Crippen LogP contribution in [0.5, 0.6) is 0 Å². The van der Waals surface area contributed by atoms with Gasteiger partial charge in [-0.3, -0.25) is 4.68 Å². The molecule has 0 aliphatic heterocycles. The molecule has 1 aliphatic rings. The van der Waals surface area contributed by atoms with Crippen LogP contribution in [0.3, 0.4) is 0 Å². The first-order valence-electron chi connectivity index (χ1n) is 6.93. The molecular formula is C13H24N4. The van der Waals surface area contributed by atoms with Crippen LogP contribution < -0.4 is 5.73 Å². The van der Waals surface area contributed by atoms with Crippen LogP contribution in [0, 0.1) is 5.92 Å². The molecule has 4 heteroatoms. The second-order valence-electron chi connectivity index (χ2n) is 5.17. The Morgan fingerprint density at radius 1 is 1.35 bits per heavy atom. The molecule has 1 aromatic rings. The summed E-state index contributed by atoms with van der Waals surface area (Å²) in [6.07, 6.45) is 10.2. The van der Waals surface area contributed by atoms with Gasteiger partial charge in [0.25, 0.3) is 0 Å². The predicted octanol–water partition coefficient (Wildman–Crippen LogP) is 2.14. The van der Waals surface area contributed by atoms with Crippen LogP contribution in [0.2, 0.25) is 0 Å². The predicted molar refractivity (Wildman–Crippen MR) is 68.6 cm³/mol. The van der Waals surface area contributed by atoms with Gasteiger partial charge in [-0.05, 0) is 25.2 Å². The Morgan fingerprint density at radius 2 is 2.18 bits per heavy atom. The van der Waals surface area contributed by atoms with Crippen molar-refractivity contribution >= 4 is 0 Å². The lowest BCUT2D eigenvalue weighted by molar-refractivity contribution is 0.378. The number of aromatic nitrogens is 3. The summed E-state index contributed by atoms with van der Waals surface area (Å²) < 4.78 is 2.04. The maximum Gasteiger partial charge on any atom is 0.138 e. The summed E-state index contributed by atoms with van der Waals surface area (Å²) in [7, 11) is 0. The van der Waals surface area contributed by atoms with Crippen molar-refractivity contribution in [3.05, 3.63) is 12.2 Å². The van der Waals surface area contributed by atoms with Gasteiger partial charge in [0.1, 0.15) is 12.2 Å². The number of rotatable bonds is 4. The second-order valence-corrected chi connectivity index (χ2v) is 5.17. The molecule has 2 rings (SSSR count).